The summed E-state index contributed by atoms with van der Waals surface area (Å²) in [5.41, 5.74) is 8.50. The summed E-state index contributed by atoms with van der Waals surface area (Å²) in [6.45, 7) is 0. The average molecular weight is 270 g/mol. The Labute approximate surface area is 114 Å². The molecule has 0 fully saturated rings. The van der Waals surface area contributed by atoms with Gasteiger partial charge in [-0.1, -0.05) is 23.4 Å². The normalized spacial score (nSPS) is 12.4. The van der Waals surface area contributed by atoms with Crippen molar-refractivity contribution in [2.75, 3.05) is 5.32 Å². The molecule has 1 amide bonds. The Balaban J connectivity index is 1.72. The van der Waals surface area contributed by atoms with E-state index in [-0.39, 0.29) is 5.91 Å². The van der Waals surface area contributed by atoms with Crippen LogP contribution in [0.15, 0.2) is 47.4 Å². The van der Waals surface area contributed by atoms with Crippen LogP contribution in [0.5, 0.6) is 0 Å². The van der Waals surface area contributed by atoms with E-state index in [2.05, 4.69) is 20.0 Å². The second-order valence-electron chi connectivity index (χ2n) is 4.57. The van der Waals surface area contributed by atoms with Crippen molar-refractivity contribution in [2.45, 2.75) is 12.5 Å². The number of carbonyl (C=O) groups excluding carboxylic acids is 1. The van der Waals surface area contributed by atoms with Gasteiger partial charge in [0.2, 0.25) is 5.91 Å². The zero-order valence-electron chi connectivity index (χ0n) is 10.7. The third-order valence-electron chi connectivity index (χ3n) is 3.15. The van der Waals surface area contributed by atoms with Gasteiger partial charge in [-0.15, -0.1) is 0 Å². The van der Waals surface area contributed by atoms with E-state index in [0.29, 0.717) is 12.1 Å². The number of nitrogens with one attached hydrogen (secondary N) is 2. The van der Waals surface area contributed by atoms with Crippen molar-refractivity contribution in [1.82, 2.24) is 10.1 Å². The lowest BCUT2D eigenvalue weighted by molar-refractivity contribution is -0.117. The van der Waals surface area contributed by atoms with Crippen LogP contribution in [0.4, 0.5) is 5.69 Å². The number of H-pyrrole nitrogens is 1. The fraction of sp³-hybridized carbons (Fsp3) is 0.143. The number of benzene rings is 1. The average Bonchev–Trinajstić information content (AvgIpc) is 3.09. The van der Waals surface area contributed by atoms with Crippen LogP contribution in [-0.4, -0.2) is 22.1 Å². The van der Waals surface area contributed by atoms with E-state index in [1.807, 2.05) is 30.5 Å². The lowest BCUT2D eigenvalue weighted by Gasteiger charge is -2.10. The van der Waals surface area contributed by atoms with E-state index in [4.69, 9.17) is 5.73 Å². The molecule has 0 saturated heterocycles. The lowest BCUT2D eigenvalue weighted by atomic mass is 10.1. The first-order valence-corrected chi connectivity index (χ1v) is 6.25. The summed E-state index contributed by atoms with van der Waals surface area (Å²) in [4.78, 5) is 15.1. The first kappa shape index (κ1) is 12.4. The number of aromatic nitrogens is 2. The molecule has 0 unspecified atom stereocenters. The van der Waals surface area contributed by atoms with Crippen molar-refractivity contribution in [1.29, 1.82) is 0 Å². The molecule has 3 rings (SSSR count). The van der Waals surface area contributed by atoms with Crippen molar-refractivity contribution in [3.8, 4) is 0 Å². The van der Waals surface area contributed by atoms with E-state index in [9.17, 15) is 4.79 Å². The van der Waals surface area contributed by atoms with Gasteiger partial charge in [0.25, 0.3) is 0 Å². The van der Waals surface area contributed by atoms with Gasteiger partial charge in [0.05, 0.1) is 12.2 Å². The minimum absolute atomic E-state index is 0.265. The molecular formula is C14H14N4O2. The first-order valence-electron chi connectivity index (χ1n) is 6.25. The van der Waals surface area contributed by atoms with Crippen molar-refractivity contribution < 1.29 is 9.32 Å². The molecule has 1 aromatic carbocycles. The van der Waals surface area contributed by atoms with Gasteiger partial charge in [-0.05, 0) is 18.1 Å². The fourth-order valence-electron chi connectivity index (χ4n) is 2.13. The number of aromatic amines is 1. The number of rotatable bonds is 4. The molecule has 6 nitrogen and oxygen atoms in total. The fourth-order valence-corrected chi connectivity index (χ4v) is 2.13. The second-order valence-corrected chi connectivity index (χ2v) is 4.57. The second kappa shape index (κ2) is 5.18. The maximum atomic E-state index is 12.0. The number of hydrogen-bond acceptors (Lipinski definition) is 4. The van der Waals surface area contributed by atoms with Crippen LogP contribution in [0.25, 0.3) is 10.9 Å². The zero-order chi connectivity index (χ0) is 13.9. The maximum absolute atomic E-state index is 12.0. The van der Waals surface area contributed by atoms with Crippen LogP contribution in [0.3, 0.4) is 0 Å². The predicted octanol–water partition coefficient (Wildman–Crippen LogP) is 1.66. The summed E-state index contributed by atoms with van der Waals surface area (Å²) in [6, 6.07) is 7.28. The Bertz CT molecular complexity index is 718. The molecule has 3 aromatic rings. The molecule has 1 atom stereocenters. The van der Waals surface area contributed by atoms with Gasteiger partial charge in [-0.25, -0.2) is 0 Å². The summed E-state index contributed by atoms with van der Waals surface area (Å²) >= 11 is 0. The Hall–Kier alpha value is -2.60. The summed E-state index contributed by atoms with van der Waals surface area (Å²) in [7, 11) is 0. The number of anilines is 1. The highest BCUT2D eigenvalue weighted by Crippen LogP contribution is 2.19. The predicted molar refractivity (Wildman–Crippen MR) is 75.1 cm³/mol. The monoisotopic (exact) mass is 270 g/mol. The van der Waals surface area contributed by atoms with Gasteiger partial charge in [-0.2, -0.15) is 0 Å². The van der Waals surface area contributed by atoms with E-state index < -0.39 is 6.04 Å². The van der Waals surface area contributed by atoms with Crippen LogP contribution in [-0.2, 0) is 11.2 Å². The van der Waals surface area contributed by atoms with Gasteiger partial charge < -0.3 is 20.6 Å². The number of nitrogens with zero attached hydrogens (tertiary/aromatic N) is 1. The van der Waals surface area contributed by atoms with Gasteiger partial charge in [0.15, 0.2) is 0 Å². The van der Waals surface area contributed by atoms with Crippen LogP contribution < -0.4 is 11.1 Å². The molecular weight excluding hydrogens is 256 g/mol. The van der Waals surface area contributed by atoms with Gasteiger partial charge >= 0.3 is 0 Å². The van der Waals surface area contributed by atoms with Crippen LogP contribution >= 0.6 is 0 Å². The number of hydrogen-bond donors (Lipinski definition) is 3. The highest BCUT2D eigenvalue weighted by molar-refractivity contribution is 5.95. The first-order chi connectivity index (χ1) is 9.74. The molecule has 2 heterocycles. The smallest absolute Gasteiger partial charge is 0.241 e. The third kappa shape index (κ3) is 2.41. The summed E-state index contributed by atoms with van der Waals surface area (Å²) in [5, 5.41) is 7.25. The van der Waals surface area contributed by atoms with E-state index in [0.717, 1.165) is 16.5 Å². The molecule has 0 aliphatic rings. The van der Waals surface area contributed by atoms with Gasteiger partial charge in [-0.3, -0.25) is 4.79 Å². The van der Waals surface area contributed by atoms with E-state index >= 15 is 0 Å². The molecule has 20 heavy (non-hydrogen) atoms. The Kier molecular flexibility index (Phi) is 3.22. The molecule has 0 saturated carbocycles. The summed E-state index contributed by atoms with van der Waals surface area (Å²) in [5.74, 6) is -0.265. The highest BCUT2D eigenvalue weighted by atomic mass is 16.5. The van der Waals surface area contributed by atoms with Crippen molar-refractivity contribution in [3.05, 3.63) is 48.5 Å². The van der Waals surface area contributed by atoms with Gasteiger partial charge in [0.1, 0.15) is 12.0 Å². The Morgan fingerprint density at radius 2 is 2.30 bits per heavy atom. The minimum Gasteiger partial charge on any atom is -0.363 e. The third-order valence-corrected chi connectivity index (χ3v) is 3.15. The molecule has 6 heteroatoms. The molecule has 0 spiro atoms. The maximum Gasteiger partial charge on any atom is 0.241 e. The topological polar surface area (TPSA) is 96.9 Å². The number of para-hydroxylation sites is 1. The van der Waals surface area contributed by atoms with Crippen LogP contribution in [0, 0.1) is 0 Å². The van der Waals surface area contributed by atoms with Gasteiger partial charge in [0, 0.05) is 17.1 Å². The summed E-state index contributed by atoms with van der Waals surface area (Å²) < 4.78 is 4.65. The molecule has 0 bridgehead atoms. The quantitative estimate of drug-likeness (QED) is 0.671. The molecule has 0 aliphatic heterocycles. The molecule has 0 aliphatic carbocycles. The number of amides is 1. The standard InChI is InChI=1S/C14H14N4O2/c15-12(14(19)18-10-7-17-20-8-10)5-9-6-16-13-4-2-1-3-11(9)13/h1-4,6-8,12,16H,5,15H2,(H,18,19)/t12-/m1/s1. The Morgan fingerprint density at radius 1 is 1.45 bits per heavy atom. The SMILES string of the molecule is N[C@H](Cc1c[nH]c2ccccc12)C(=O)Nc1cnoc1. The number of carbonyl (C=O) groups is 1. The Morgan fingerprint density at radius 3 is 3.10 bits per heavy atom. The molecule has 0 radical (unpaired) electrons. The van der Waals surface area contributed by atoms with Crippen molar-refractivity contribution >= 4 is 22.5 Å². The molecule has 102 valence electrons. The van der Waals surface area contributed by atoms with Crippen molar-refractivity contribution in [3.63, 3.8) is 0 Å². The molecule has 4 N–H and O–H groups in total. The largest absolute Gasteiger partial charge is 0.363 e. The highest BCUT2D eigenvalue weighted by Gasteiger charge is 2.16. The minimum atomic E-state index is -0.635. The van der Waals surface area contributed by atoms with Crippen molar-refractivity contribution in [2.24, 2.45) is 5.73 Å². The lowest BCUT2D eigenvalue weighted by Crippen LogP contribution is -2.37. The zero-order valence-corrected chi connectivity index (χ0v) is 10.7. The van der Waals surface area contributed by atoms with Crippen LogP contribution in [0.1, 0.15) is 5.56 Å². The molecule has 2 aromatic heterocycles. The van der Waals surface area contributed by atoms with E-state index in [1.54, 1.807) is 0 Å². The number of fused-ring (bicyclic) bond motifs is 1. The summed E-state index contributed by atoms with van der Waals surface area (Å²) in [6.07, 6.45) is 5.13. The number of nitrogens with two attached hydrogens (primary N) is 1. The van der Waals surface area contributed by atoms with Crippen LogP contribution in [0.2, 0.25) is 0 Å². The van der Waals surface area contributed by atoms with E-state index in [1.165, 1.54) is 12.5 Å².